The van der Waals surface area contributed by atoms with Gasteiger partial charge >= 0.3 is 0 Å². The van der Waals surface area contributed by atoms with Crippen LogP contribution in [0.25, 0.3) is 0 Å². The van der Waals surface area contributed by atoms with Crippen molar-refractivity contribution in [1.29, 1.82) is 0 Å². The largest absolute Gasteiger partial charge is 0.395 e. The van der Waals surface area contributed by atoms with E-state index in [1.54, 1.807) is 6.08 Å². The number of hydrogen-bond acceptors (Lipinski definition) is 3. The average molecular weight is 172 g/mol. The Hall–Kier alpha value is -0.870. The molecule has 0 aliphatic rings. The van der Waals surface area contributed by atoms with E-state index in [0.717, 1.165) is 6.54 Å². The topological polar surface area (TPSA) is 52.6 Å². The zero-order valence-electron chi connectivity index (χ0n) is 7.58. The number of carbonyl (C=O) groups excluding carboxylic acids is 1. The third-order valence-electron chi connectivity index (χ3n) is 1.15. The Bertz CT molecular complexity index is 155. The summed E-state index contributed by atoms with van der Waals surface area (Å²) in [6.07, 6.45) is 3.24. The Morgan fingerprint density at radius 1 is 1.58 bits per heavy atom. The first-order valence-corrected chi connectivity index (χ1v) is 3.86. The zero-order valence-corrected chi connectivity index (χ0v) is 7.58. The Morgan fingerprint density at radius 2 is 2.25 bits per heavy atom. The van der Waals surface area contributed by atoms with Crippen LogP contribution in [-0.2, 0) is 4.79 Å². The molecule has 0 spiro atoms. The van der Waals surface area contributed by atoms with Crippen molar-refractivity contribution < 1.29 is 9.90 Å². The number of hydrogen-bond donors (Lipinski definition) is 2. The van der Waals surface area contributed by atoms with Crippen LogP contribution in [0.3, 0.4) is 0 Å². The number of carbonyl (C=O) groups is 1. The van der Waals surface area contributed by atoms with Gasteiger partial charge < -0.3 is 15.3 Å². The van der Waals surface area contributed by atoms with Crippen molar-refractivity contribution in [1.82, 2.24) is 10.2 Å². The molecule has 0 heterocycles. The average Bonchev–Trinajstić information content (AvgIpc) is 2.00. The van der Waals surface area contributed by atoms with E-state index in [4.69, 9.17) is 5.11 Å². The zero-order chi connectivity index (χ0) is 9.40. The molecule has 0 unspecified atom stereocenters. The number of rotatable bonds is 5. The summed E-state index contributed by atoms with van der Waals surface area (Å²) in [5.74, 6) is -0.161. The van der Waals surface area contributed by atoms with Crippen molar-refractivity contribution in [3.05, 3.63) is 12.2 Å². The van der Waals surface area contributed by atoms with Gasteiger partial charge in [-0.05, 0) is 14.1 Å². The van der Waals surface area contributed by atoms with Gasteiger partial charge in [0.05, 0.1) is 6.61 Å². The van der Waals surface area contributed by atoms with Crippen molar-refractivity contribution in [3.8, 4) is 0 Å². The van der Waals surface area contributed by atoms with Crippen LogP contribution >= 0.6 is 0 Å². The molecule has 0 bridgehead atoms. The molecule has 0 aromatic heterocycles. The van der Waals surface area contributed by atoms with Crippen molar-refractivity contribution >= 4 is 5.91 Å². The second-order valence-electron chi connectivity index (χ2n) is 2.68. The second kappa shape index (κ2) is 6.82. The number of amides is 1. The first kappa shape index (κ1) is 11.1. The fourth-order valence-electron chi connectivity index (χ4n) is 0.609. The van der Waals surface area contributed by atoms with E-state index in [2.05, 4.69) is 5.32 Å². The Labute approximate surface area is 72.9 Å². The molecular formula is C8H16N2O2. The maximum absolute atomic E-state index is 10.9. The fourth-order valence-corrected chi connectivity index (χ4v) is 0.609. The number of aliphatic hydroxyl groups is 1. The normalized spacial score (nSPS) is 11.0. The molecule has 0 atom stereocenters. The standard InChI is InChI=1S/C8H16N2O2/c1-10(2)6-3-4-8(12)9-5-7-11/h3-4,11H,5-7H2,1-2H3,(H,9,12). The highest BCUT2D eigenvalue weighted by Gasteiger charge is 1.91. The molecule has 4 nitrogen and oxygen atoms in total. The SMILES string of the molecule is CN(C)CC=CC(=O)NCCO. The summed E-state index contributed by atoms with van der Waals surface area (Å²) in [6.45, 7) is 1.03. The van der Waals surface area contributed by atoms with Crippen molar-refractivity contribution in [2.45, 2.75) is 0 Å². The molecule has 12 heavy (non-hydrogen) atoms. The molecular weight excluding hydrogens is 156 g/mol. The molecule has 0 saturated carbocycles. The summed E-state index contributed by atoms with van der Waals surface area (Å²) in [4.78, 5) is 12.8. The van der Waals surface area contributed by atoms with E-state index in [9.17, 15) is 4.79 Å². The van der Waals surface area contributed by atoms with Crippen molar-refractivity contribution in [2.24, 2.45) is 0 Å². The monoisotopic (exact) mass is 172 g/mol. The summed E-state index contributed by atoms with van der Waals surface area (Å²) in [5, 5.41) is 10.9. The van der Waals surface area contributed by atoms with Crippen LogP contribution in [0.1, 0.15) is 0 Å². The van der Waals surface area contributed by atoms with Crippen LogP contribution in [0, 0.1) is 0 Å². The van der Waals surface area contributed by atoms with Gasteiger partial charge in [0.2, 0.25) is 5.91 Å². The molecule has 0 aliphatic heterocycles. The highest BCUT2D eigenvalue weighted by Crippen LogP contribution is 1.77. The van der Waals surface area contributed by atoms with Crippen molar-refractivity contribution in [2.75, 3.05) is 33.8 Å². The maximum Gasteiger partial charge on any atom is 0.243 e. The summed E-state index contributed by atoms with van der Waals surface area (Å²) in [5.41, 5.74) is 0. The second-order valence-corrected chi connectivity index (χ2v) is 2.68. The molecule has 0 aromatic rings. The lowest BCUT2D eigenvalue weighted by atomic mass is 10.4. The molecule has 0 aromatic carbocycles. The highest BCUT2D eigenvalue weighted by molar-refractivity contribution is 5.87. The van der Waals surface area contributed by atoms with Gasteiger partial charge in [-0.1, -0.05) is 6.08 Å². The smallest absolute Gasteiger partial charge is 0.243 e. The van der Waals surface area contributed by atoms with Crippen LogP contribution in [0.2, 0.25) is 0 Å². The Balaban J connectivity index is 3.47. The van der Waals surface area contributed by atoms with E-state index in [0.29, 0.717) is 6.54 Å². The van der Waals surface area contributed by atoms with E-state index in [1.807, 2.05) is 19.0 Å². The van der Waals surface area contributed by atoms with Crippen LogP contribution in [-0.4, -0.2) is 49.7 Å². The number of aliphatic hydroxyl groups excluding tert-OH is 1. The summed E-state index contributed by atoms with van der Waals surface area (Å²) in [6, 6.07) is 0. The minimum Gasteiger partial charge on any atom is -0.395 e. The lowest BCUT2D eigenvalue weighted by Gasteiger charge is -2.03. The molecule has 0 fully saturated rings. The molecule has 4 heteroatoms. The molecule has 0 rings (SSSR count). The van der Waals surface area contributed by atoms with Gasteiger partial charge in [-0.25, -0.2) is 0 Å². The highest BCUT2D eigenvalue weighted by atomic mass is 16.3. The van der Waals surface area contributed by atoms with Gasteiger partial charge in [-0.3, -0.25) is 4.79 Å². The minimum atomic E-state index is -0.161. The van der Waals surface area contributed by atoms with Gasteiger partial charge in [0.25, 0.3) is 0 Å². The molecule has 2 N–H and O–H groups in total. The predicted molar refractivity (Wildman–Crippen MR) is 47.8 cm³/mol. The molecule has 0 radical (unpaired) electrons. The first-order valence-electron chi connectivity index (χ1n) is 3.86. The fraction of sp³-hybridized carbons (Fsp3) is 0.625. The third-order valence-corrected chi connectivity index (χ3v) is 1.15. The van der Waals surface area contributed by atoms with E-state index >= 15 is 0 Å². The summed E-state index contributed by atoms with van der Waals surface area (Å²) >= 11 is 0. The van der Waals surface area contributed by atoms with Crippen LogP contribution < -0.4 is 5.32 Å². The van der Waals surface area contributed by atoms with Gasteiger partial charge in [-0.2, -0.15) is 0 Å². The van der Waals surface area contributed by atoms with Gasteiger partial charge in [0, 0.05) is 19.2 Å². The summed E-state index contributed by atoms with van der Waals surface area (Å²) in [7, 11) is 3.85. The third kappa shape index (κ3) is 7.24. The van der Waals surface area contributed by atoms with Crippen LogP contribution in [0.5, 0.6) is 0 Å². The Kier molecular flexibility index (Phi) is 6.32. The first-order chi connectivity index (χ1) is 5.66. The van der Waals surface area contributed by atoms with E-state index < -0.39 is 0 Å². The molecule has 70 valence electrons. The molecule has 1 amide bonds. The number of nitrogens with zero attached hydrogens (tertiary/aromatic N) is 1. The number of nitrogens with one attached hydrogen (secondary N) is 1. The van der Waals surface area contributed by atoms with E-state index in [-0.39, 0.29) is 12.5 Å². The number of likely N-dealkylation sites (N-methyl/N-ethyl adjacent to an activating group) is 1. The van der Waals surface area contributed by atoms with Gasteiger partial charge in [0.15, 0.2) is 0 Å². The lowest BCUT2D eigenvalue weighted by Crippen LogP contribution is -2.24. The van der Waals surface area contributed by atoms with Crippen molar-refractivity contribution in [3.63, 3.8) is 0 Å². The van der Waals surface area contributed by atoms with Crippen LogP contribution in [0.15, 0.2) is 12.2 Å². The molecule has 0 saturated heterocycles. The van der Waals surface area contributed by atoms with E-state index in [1.165, 1.54) is 6.08 Å². The maximum atomic E-state index is 10.9. The van der Waals surface area contributed by atoms with Gasteiger partial charge in [-0.15, -0.1) is 0 Å². The Morgan fingerprint density at radius 3 is 2.75 bits per heavy atom. The van der Waals surface area contributed by atoms with Gasteiger partial charge in [0.1, 0.15) is 0 Å². The predicted octanol–water partition coefficient (Wildman–Crippen LogP) is -0.787. The quantitative estimate of drug-likeness (QED) is 0.534. The molecule has 0 aliphatic carbocycles. The minimum absolute atomic E-state index is 0.0206. The summed E-state index contributed by atoms with van der Waals surface area (Å²) < 4.78 is 0. The lowest BCUT2D eigenvalue weighted by molar-refractivity contribution is -0.116. The van der Waals surface area contributed by atoms with Crippen LogP contribution in [0.4, 0.5) is 0 Å².